The van der Waals surface area contributed by atoms with Crippen LogP contribution in [0.5, 0.6) is 0 Å². The fourth-order valence-electron chi connectivity index (χ4n) is 8.45. The average molecular weight is 1050 g/mol. The molecule has 0 spiro atoms. The number of esters is 3. The minimum absolute atomic E-state index is 0.0435. The Morgan fingerprint density at radius 2 is 0.840 bits per heavy atom. The minimum Gasteiger partial charge on any atom is -0.479 e. The van der Waals surface area contributed by atoms with Gasteiger partial charge in [-0.1, -0.05) is 196 Å². The molecule has 6 atom stereocenters. The zero-order chi connectivity index (χ0) is 54.7. The lowest BCUT2D eigenvalue weighted by Crippen LogP contribution is -2.61. The largest absolute Gasteiger partial charge is 0.479 e. The number of hydrogen-bond acceptors (Lipinski definition) is 11. The number of aliphatic carboxylic acids is 1. The number of aliphatic hydroxyl groups is 2. The molecule has 3 N–H and O–H groups in total. The SMILES string of the molecule is CC/C=C\C/C=C\C/C=C\CCCCCCCCCC(=O)OCC(COC1OC(C(=O)O)C(O)C(O)C1OC(=O)CCCCCCC/C=C\CCCCCCCC)OC(=O)CCCCC/C=C\C/C=C\C/C=C\CC. The van der Waals surface area contributed by atoms with E-state index in [0.717, 1.165) is 135 Å². The van der Waals surface area contributed by atoms with Crippen molar-refractivity contribution in [1.82, 2.24) is 0 Å². The first-order chi connectivity index (χ1) is 36.6. The molecule has 0 aliphatic carbocycles. The quantitative estimate of drug-likeness (QED) is 0.0228. The van der Waals surface area contributed by atoms with E-state index in [4.69, 9.17) is 23.7 Å². The lowest BCUT2D eigenvalue weighted by molar-refractivity contribution is -0.301. The Morgan fingerprint density at radius 1 is 0.453 bits per heavy atom. The number of rotatable bonds is 49. The fraction of sp³-hybridized carbons (Fsp3) is 0.714. The van der Waals surface area contributed by atoms with E-state index in [1.54, 1.807) is 0 Å². The van der Waals surface area contributed by atoms with Gasteiger partial charge in [-0.3, -0.25) is 14.4 Å². The van der Waals surface area contributed by atoms with Crippen LogP contribution in [0, 0.1) is 0 Å². The number of carbonyl (C=O) groups excluding carboxylic acids is 3. The van der Waals surface area contributed by atoms with Crippen LogP contribution in [0.3, 0.4) is 0 Å². The summed E-state index contributed by atoms with van der Waals surface area (Å²) in [6.07, 6.45) is 52.7. The predicted octanol–water partition coefficient (Wildman–Crippen LogP) is 15.1. The molecule has 0 amide bonds. The normalized spacial score (nSPS) is 18.8. The molecule has 1 fully saturated rings. The van der Waals surface area contributed by atoms with E-state index >= 15 is 0 Å². The van der Waals surface area contributed by atoms with Crippen molar-refractivity contribution >= 4 is 23.9 Å². The van der Waals surface area contributed by atoms with Gasteiger partial charge in [0.25, 0.3) is 0 Å². The number of aliphatic hydroxyl groups excluding tert-OH is 2. The monoisotopic (exact) mass is 1050 g/mol. The molecule has 1 aliphatic heterocycles. The highest BCUT2D eigenvalue weighted by Crippen LogP contribution is 2.26. The number of allylic oxidation sites excluding steroid dienone is 14. The first-order valence-corrected chi connectivity index (χ1v) is 29.6. The van der Waals surface area contributed by atoms with Gasteiger partial charge in [0.2, 0.25) is 0 Å². The number of carboxylic acids is 1. The molecule has 0 aromatic carbocycles. The molecule has 6 unspecified atom stereocenters. The summed E-state index contributed by atoms with van der Waals surface area (Å²) < 4.78 is 28.4. The maximum absolute atomic E-state index is 13.1. The van der Waals surface area contributed by atoms with Crippen LogP contribution in [0.25, 0.3) is 0 Å². The van der Waals surface area contributed by atoms with Crippen LogP contribution in [0.4, 0.5) is 0 Å². The van der Waals surface area contributed by atoms with E-state index < -0.39 is 67.3 Å². The van der Waals surface area contributed by atoms with Crippen LogP contribution in [0.15, 0.2) is 85.1 Å². The zero-order valence-corrected chi connectivity index (χ0v) is 47.0. The van der Waals surface area contributed by atoms with E-state index in [-0.39, 0.29) is 25.9 Å². The van der Waals surface area contributed by atoms with Crippen LogP contribution >= 0.6 is 0 Å². The smallest absolute Gasteiger partial charge is 0.335 e. The maximum atomic E-state index is 13.1. The highest BCUT2D eigenvalue weighted by molar-refractivity contribution is 5.74. The van der Waals surface area contributed by atoms with Crippen LogP contribution < -0.4 is 0 Å². The molecule has 12 heteroatoms. The van der Waals surface area contributed by atoms with Crippen molar-refractivity contribution in [3.63, 3.8) is 0 Å². The lowest BCUT2D eigenvalue weighted by atomic mass is 9.98. The minimum atomic E-state index is -1.91. The van der Waals surface area contributed by atoms with Gasteiger partial charge in [-0.05, 0) is 109 Å². The molecular weight excluding hydrogens is 949 g/mol. The van der Waals surface area contributed by atoms with Gasteiger partial charge in [0.15, 0.2) is 24.6 Å². The number of ether oxygens (including phenoxy) is 5. The zero-order valence-electron chi connectivity index (χ0n) is 47.0. The summed E-state index contributed by atoms with van der Waals surface area (Å²) in [6.45, 7) is 5.72. The molecule has 0 bridgehead atoms. The van der Waals surface area contributed by atoms with E-state index in [2.05, 4.69) is 106 Å². The van der Waals surface area contributed by atoms with Crippen LogP contribution in [-0.2, 0) is 42.9 Å². The third-order valence-electron chi connectivity index (χ3n) is 12.9. The van der Waals surface area contributed by atoms with Crippen LogP contribution in [0.1, 0.15) is 239 Å². The summed E-state index contributed by atoms with van der Waals surface area (Å²) in [4.78, 5) is 51.1. The Morgan fingerprint density at radius 3 is 1.31 bits per heavy atom. The number of carboxylic acid groups (broad SMARTS) is 1. The van der Waals surface area contributed by atoms with E-state index in [1.165, 1.54) is 44.9 Å². The van der Waals surface area contributed by atoms with Crippen LogP contribution in [0.2, 0.25) is 0 Å². The van der Waals surface area contributed by atoms with Gasteiger partial charge in [0.1, 0.15) is 18.8 Å². The third kappa shape index (κ3) is 40.8. The Balaban J connectivity index is 2.71. The molecule has 75 heavy (non-hydrogen) atoms. The van der Waals surface area contributed by atoms with Crippen molar-refractivity contribution in [3.8, 4) is 0 Å². The molecule has 428 valence electrons. The topological polar surface area (TPSA) is 175 Å². The molecule has 0 radical (unpaired) electrons. The summed E-state index contributed by atoms with van der Waals surface area (Å²) in [5.41, 5.74) is 0. The van der Waals surface area contributed by atoms with Crippen molar-refractivity contribution in [2.75, 3.05) is 13.2 Å². The van der Waals surface area contributed by atoms with E-state index in [9.17, 15) is 34.5 Å². The molecule has 1 heterocycles. The van der Waals surface area contributed by atoms with Gasteiger partial charge in [-0.15, -0.1) is 0 Å². The molecule has 1 rings (SSSR count). The third-order valence-corrected chi connectivity index (χ3v) is 12.9. The average Bonchev–Trinajstić information content (AvgIpc) is 3.39. The summed E-state index contributed by atoms with van der Waals surface area (Å²) in [5, 5.41) is 31.5. The Kier molecular flexibility index (Phi) is 46.6. The molecule has 0 aromatic rings. The van der Waals surface area contributed by atoms with Crippen molar-refractivity contribution in [1.29, 1.82) is 0 Å². The number of unbranched alkanes of at least 4 members (excludes halogenated alkanes) is 21. The molecular formula is C63H104O12. The van der Waals surface area contributed by atoms with Gasteiger partial charge in [0, 0.05) is 19.3 Å². The van der Waals surface area contributed by atoms with Crippen molar-refractivity contribution < 1.29 is 58.2 Å². The summed E-state index contributed by atoms with van der Waals surface area (Å²) in [7, 11) is 0. The standard InChI is InChI=1S/C63H104O12/c1-4-7-10-13-16-19-22-25-27-28-30-32-34-37-40-43-46-49-55(64)71-52-54(73-56(65)50-47-44-41-38-35-31-24-21-18-15-12-9-6-3)53-72-63-61(59(68)58(67)60(75-63)62(69)70)74-57(66)51-48-45-42-39-36-33-29-26-23-20-17-14-11-8-5-2/h7,9-10,12,16,18-19,21,25-27,29,31,35,54,58-61,63,67-68H,4-6,8,11,13-15,17,20,22-24,28,30,32-34,36-53H2,1-3H3,(H,69,70)/b10-7-,12-9-,19-16-,21-18-,27-25-,29-26-,35-31-. The van der Waals surface area contributed by atoms with Crippen LogP contribution in [-0.4, -0.2) is 89.2 Å². The van der Waals surface area contributed by atoms with Gasteiger partial charge >= 0.3 is 23.9 Å². The summed E-state index contributed by atoms with van der Waals surface area (Å²) in [6, 6.07) is 0. The number of carbonyl (C=O) groups is 4. The number of hydrogen-bond donors (Lipinski definition) is 3. The van der Waals surface area contributed by atoms with Gasteiger partial charge < -0.3 is 39.0 Å². The van der Waals surface area contributed by atoms with Gasteiger partial charge in [-0.2, -0.15) is 0 Å². The first kappa shape index (κ1) is 68.9. The molecule has 12 nitrogen and oxygen atoms in total. The van der Waals surface area contributed by atoms with Gasteiger partial charge in [0.05, 0.1) is 6.61 Å². The summed E-state index contributed by atoms with van der Waals surface area (Å²) in [5.74, 6) is -3.19. The molecule has 0 aromatic heterocycles. The highest BCUT2D eigenvalue weighted by Gasteiger charge is 2.50. The maximum Gasteiger partial charge on any atom is 0.335 e. The Bertz CT molecular complexity index is 1630. The summed E-state index contributed by atoms with van der Waals surface area (Å²) >= 11 is 0. The Hall–Kier alpha value is -4.10. The highest BCUT2D eigenvalue weighted by atomic mass is 16.7. The predicted molar refractivity (Wildman–Crippen MR) is 303 cm³/mol. The fourth-order valence-corrected chi connectivity index (χ4v) is 8.45. The molecule has 1 aliphatic rings. The lowest BCUT2D eigenvalue weighted by Gasteiger charge is -2.40. The first-order valence-electron chi connectivity index (χ1n) is 29.6. The van der Waals surface area contributed by atoms with Crippen molar-refractivity contribution in [3.05, 3.63) is 85.1 Å². The van der Waals surface area contributed by atoms with Crippen molar-refractivity contribution in [2.45, 2.75) is 276 Å². The molecule has 1 saturated heterocycles. The second-order valence-electron chi connectivity index (χ2n) is 19.9. The van der Waals surface area contributed by atoms with Crippen molar-refractivity contribution in [2.24, 2.45) is 0 Å². The second-order valence-corrected chi connectivity index (χ2v) is 19.9. The molecule has 0 saturated carbocycles. The van der Waals surface area contributed by atoms with E-state index in [1.807, 2.05) is 0 Å². The Labute approximate surface area is 454 Å². The second kappa shape index (κ2) is 50.7. The van der Waals surface area contributed by atoms with Gasteiger partial charge in [-0.25, -0.2) is 4.79 Å². The van der Waals surface area contributed by atoms with E-state index in [0.29, 0.717) is 19.3 Å².